The first-order valence-corrected chi connectivity index (χ1v) is 13.9. The molecule has 0 aliphatic carbocycles. The van der Waals surface area contributed by atoms with Crippen LogP contribution in [0.2, 0.25) is 5.02 Å². The number of carbonyl (C=O) groups excluding carboxylic acids is 1. The molecule has 38 heavy (non-hydrogen) atoms. The fourth-order valence-corrected chi connectivity index (χ4v) is 4.38. The van der Waals surface area contributed by atoms with Crippen LogP contribution >= 0.6 is 11.6 Å². The number of nitrogens with one attached hydrogen (secondary N) is 1. The zero-order chi connectivity index (χ0) is 28.8. The zero-order valence-electron chi connectivity index (χ0n) is 23.0. The molecule has 0 aliphatic heterocycles. The third-order valence-corrected chi connectivity index (χ3v) is 6.74. The maximum Gasteiger partial charge on any atom is 0.236 e. The zero-order valence-corrected chi connectivity index (χ0v) is 24.6. The molecule has 1 unspecified atom stereocenters. The van der Waals surface area contributed by atoms with E-state index in [9.17, 15) is 17.8 Å². The highest BCUT2D eigenvalue weighted by atomic mass is 35.5. The van der Waals surface area contributed by atoms with E-state index in [0.29, 0.717) is 23.8 Å². The van der Waals surface area contributed by atoms with Crippen LogP contribution in [0, 0.1) is 11.6 Å². The Morgan fingerprint density at radius 3 is 2.16 bits per heavy atom. The van der Waals surface area contributed by atoms with Gasteiger partial charge in [-0.15, -0.1) is 0 Å². The Labute approximate surface area is 233 Å². The van der Waals surface area contributed by atoms with Crippen molar-refractivity contribution in [2.45, 2.75) is 32.1 Å². The molecule has 2 aromatic carbocycles. The molecule has 0 bridgehead atoms. The number of hydrogen-bond donors (Lipinski definition) is 1. The first-order valence-electron chi connectivity index (χ1n) is 12.4. The van der Waals surface area contributed by atoms with Gasteiger partial charge in [-0.2, -0.15) is 0 Å². The van der Waals surface area contributed by atoms with Gasteiger partial charge < -0.3 is 15.0 Å². The number of benzene rings is 2. The van der Waals surface area contributed by atoms with Gasteiger partial charge in [0.15, 0.2) is 17.4 Å². The molecule has 0 fully saturated rings. The summed E-state index contributed by atoms with van der Waals surface area (Å²) < 4.78 is 50.0. The second-order valence-electron chi connectivity index (χ2n) is 8.44. The minimum atomic E-state index is -1.91. The standard InChI is InChI=1S/C25H33ClF2N4O3S.C2H6/c1-6-11-29-18(2)16-32(13-12-31(5)17-24(33)30(3)4)36(34)21-14-22(27)25(23(28)15-21)35-20-9-7-19(26)8-10-20;1-2/h7-10,14-15,29H,2,6,11-13,16-17H2,1,3-5H3;1-2H3. The van der Waals surface area contributed by atoms with Crippen LogP contribution in [0.1, 0.15) is 27.2 Å². The predicted molar refractivity (Wildman–Crippen MR) is 151 cm³/mol. The first-order chi connectivity index (χ1) is 18.0. The molecule has 0 heterocycles. The predicted octanol–water partition coefficient (Wildman–Crippen LogP) is 5.29. The lowest BCUT2D eigenvalue weighted by Gasteiger charge is -2.26. The van der Waals surface area contributed by atoms with E-state index in [1.807, 2.05) is 20.8 Å². The summed E-state index contributed by atoms with van der Waals surface area (Å²) in [6, 6.07) is 8.05. The number of nitrogens with zero attached hydrogens (tertiary/aromatic N) is 3. The Bertz CT molecular complexity index is 1050. The van der Waals surface area contributed by atoms with E-state index in [2.05, 4.69) is 11.9 Å². The number of halogens is 3. The van der Waals surface area contributed by atoms with Gasteiger partial charge in [0.1, 0.15) is 16.7 Å². The van der Waals surface area contributed by atoms with E-state index in [1.165, 1.54) is 29.2 Å². The van der Waals surface area contributed by atoms with Crippen molar-refractivity contribution in [2.24, 2.45) is 0 Å². The third-order valence-electron chi connectivity index (χ3n) is 5.07. The normalized spacial score (nSPS) is 11.6. The van der Waals surface area contributed by atoms with Crippen molar-refractivity contribution < 1.29 is 22.5 Å². The fourth-order valence-electron chi connectivity index (χ4n) is 3.03. The highest BCUT2D eigenvalue weighted by Gasteiger charge is 2.22. The number of carbonyl (C=O) groups is 1. The molecule has 1 N–H and O–H groups in total. The second kappa shape index (κ2) is 17.1. The highest BCUT2D eigenvalue weighted by Crippen LogP contribution is 2.30. The van der Waals surface area contributed by atoms with Crippen LogP contribution in [-0.4, -0.2) is 78.1 Å². The van der Waals surface area contributed by atoms with Crippen LogP contribution in [0.25, 0.3) is 0 Å². The summed E-state index contributed by atoms with van der Waals surface area (Å²) in [6.45, 7) is 11.7. The Kier molecular flexibility index (Phi) is 15.1. The van der Waals surface area contributed by atoms with Crippen molar-refractivity contribution in [2.75, 3.05) is 53.9 Å². The molecule has 2 rings (SSSR count). The molecule has 0 aromatic heterocycles. The number of likely N-dealkylation sites (N-methyl/N-ethyl adjacent to an activating group) is 2. The quantitative estimate of drug-likeness (QED) is 0.333. The van der Waals surface area contributed by atoms with Crippen LogP contribution in [0.3, 0.4) is 0 Å². The van der Waals surface area contributed by atoms with Crippen LogP contribution in [0.4, 0.5) is 8.78 Å². The molecular weight excluding hydrogens is 534 g/mol. The Morgan fingerprint density at radius 2 is 1.63 bits per heavy atom. The lowest BCUT2D eigenvalue weighted by molar-refractivity contribution is -0.129. The summed E-state index contributed by atoms with van der Waals surface area (Å²) >= 11 is 5.84. The molecule has 1 atom stereocenters. The van der Waals surface area contributed by atoms with E-state index in [0.717, 1.165) is 18.6 Å². The molecule has 2 aromatic rings. The largest absolute Gasteiger partial charge is 0.451 e. The fraction of sp³-hybridized carbons (Fsp3) is 0.444. The Hall–Kier alpha value is -2.53. The maximum absolute atomic E-state index is 14.8. The molecule has 7 nitrogen and oxygen atoms in total. The topological polar surface area (TPSA) is 65.1 Å². The average molecular weight is 573 g/mol. The molecule has 11 heteroatoms. The van der Waals surface area contributed by atoms with E-state index in [1.54, 1.807) is 30.3 Å². The second-order valence-corrected chi connectivity index (χ2v) is 10.4. The van der Waals surface area contributed by atoms with E-state index < -0.39 is 28.4 Å². The lowest BCUT2D eigenvalue weighted by atomic mass is 10.3. The number of ether oxygens (including phenoxy) is 1. The summed E-state index contributed by atoms with van der Waals surface area (Å²) in [5, 5.41) is 3.60. The Morgan fingerprint density at radius 1 is 1.05 bits per heavy atom. The highest BCUT2D eigenvalue weighted by molar-refractivity contribution is 7.82. The van der Waals surface area contributed by atoms with Gasteiger partial charge in [-0.25, -0.2) is 17.3 Å². The molecular formula is C27H39ClF2N4O3S. The summed E-state index contributed by atoms with van der Waals surface area (Å²) in [5.41, 5.74) is 0.626. The minimum absolute atomic E-state index is 0.0521. The summed E-state index contributed by atoms with van der Waals surface area (Å²) in [6.07, 6.45) is 0.878. The van der Waals surface area contributed by atoms with Crippen molar-refractivity contribution in [3.63, 3.8) is 0 Å². The molecule has 212 valence electrons. The smallest absolute Gasteiger partial charge is 0.236 e. The van der Waals surface area contributed by atoms with Gasteiger partial charge >= 0.3 is 0 Å². The van der Waals surface area contributed by atoms with Crippen molar-refractivity contribution in [3.8, 4) is 11.5 Å². The summed E-state index contributed by atoms with van der Waals surface area (Å²) in [4.78, 5) is 15.2. The van der Waals surface area contributed by atoms with Crippen LogP contribution in [-0.2, 0) is 15.8 Å². The molecule has 0 aliphatic rings. The first kappa shape index (κ1) is 33.5. The number of hydrogen-bond acceptors (Lipinski definition) is 5. The molecule has 0 spiro atoms. The van der Waals surface area contributed by atoms with Crippen LogP contribution in [0.15, 0.2) is 53.6 Å². The monoisotopic (exact) mass is 572 g/mol. The average Bonchev–Trinajstić information content (AvgIpc) is 2.89. The number of amides is 1. The van der Waals surface area contributed by atoms with Gasteiger partial charge in [-0.1, -0.05) is 39.0 Å². The summed E-state index contributed by atoms with van der Waals surface area (Å²) in [5.74, 6) is -2.42. The summed E-state index contributed by atoms with van der Waals surface area (Å²) in [7, 11) is 3.21. The van der Waals surface area contributed by atoms with Crippen LogP contribution in [0.5, 0.6) is 11.5 Å². The third kappa shape index (κ3) is 11.1. The molecule has 0 saturated heterocycles. The van der Waals surface area contributed by atoms with Crippen LogP contribution < -0.4 is 10.1 Å². The van der Waals surface area contributed by atoms with Crippen molar-refractivity contribution in [1.29, 1.82) is 0 Å². The minimum Gasteiger partial charge on any atom is -0.451 e. The molecule has 0 radical (unpaired) electrons. The van der Waals surface area contributed by atoms with Gasteiger partial charge in [0.25, 0.3) is 0 Å². The van der Waals surface area contributed by atoms with Crippen molar-refractivity contribution >= 4 is 28.5 Å². The van der Waals surface area contributed by atoms with E-state index in [4.69, 9.17) is 16.3 Å². The lowest BCUT2D eigenvalue weighted by Crippen LogP contribution is -2.40. The van der Waals surface area contributed by atoms with Gasteiger partial charge in [0, 0.05) is 44.4 Å². The van der Waals surface area contributed by atoms with Gasteiger partial charge in [-0.05, 0) is 49.9 Å². The maximum atomic E-state index is 14.8. The van der Waals surface area contributed by atoms with Gasteiger partial charge in [-0.3, -0.25) is 9.69 Å². The SMILES string of the molecule is C=C(CN(CCN(C)CC(=O)N(C)C)S(=O)c1cc(F)c(Oc2ccc(Cl)cc2)c(F)c1)NCCC.CC. The number of rotatable bonds is 14. The van der Waals surface area contributed by atoms with E-state index in [-0.39, 0.29) is 36.2 Å². The molecule has 0 saturated carbocycles. The van der Waals surface area contributed by atoms with Gasteiger partial charge in [0.05, 0.1) is 18.0 Å². The van der Waals surface area contributed by atoms with Crippen molar-refractivity contribution in [3.05, 3.63) is 65.3 Å². The van der Waals surface area contributed by atoms with Gasteiger partial charge in [0.2, 0.25) is 5.91 Å². The Balaban J connectivity index is 0.00000352. The van der Waals surface area contributed by atoms with E-state index >= 15 is 0 Å². The molecule has 1 amide bonds. The van der Waals surface area contributed by atoms with Crippen molar-refractivity contribution in [1.82, 2.24) is 19.4 Å².